The molecule has 0 aliphatic rings. The number of methoxy groups -OCH3 is 1. The molecule has 0 fully saturated rings. The normalized spacial score (nSPS) is 10.5. The zero-order valence-corrected chi connectivity index (χ0v) is 10.2. The number of esters is 1. The van der Waals surface area contributed by atoms with Gasteiger partial charge in [0.05, 0.1) is 7.11 Å². The van der Waals surface area contributed by atoms with E-state index >= 15 is 0 Å². The zero-order valence-electron chi connectivity index (χ0n) is 10.2. The number of hydrogen-bond acceptors (Lipinski definition) is 4. The van der Waals surface area contributed by atoms with Gasteiger partial charge in [-0.1, -0.05) is 0 Å². The van der Waals surface area contributed by atoms with Crippen molar-refractivity contribution in [2.75, 3.05) is 13.7 Å². The summed E-state index contributed by atoms with van der Waals surface area (Å²) in [6.45, 7) is 1.50. The number of aromatic amines is 2. The molecule has 2 heterocycles. The Morgan fingerprint density at radius 3 is 3.11 bits per heavy atom. The van der Waals surface area contributed by atoms with E-state index in [-0.39, 0.29) is 5.97 Å². The van der Waals surface area contributed by atoms with Gasteiger partial charge < -0.3 is 20.0 Å². The van der Waals surface area contributed by atoms with E-state index in [4.69, 9.17) is 0 Å². The number of H-pyrrole nitrogens is 2. The van der Waals surface area contributed by atoms with E-state index < -0.39 is 0 Å². The van der Waals surface area contributed by atoms with Crippen LogP contribution in [-0.4, -0.2) is 34.6 Å². The standard InChI is InChI=1S/C12H16N4O2/c1-18-12(17)10-3-2-9(16-10)8-13-5-4-11-14-6-7-15-11/h2-3,6-7,13,16H,4-5,8H2,1H3,(H,14,15). The summed E-state index contributed by atoms with van der Waals surface area (Å²) in [5.74, 6) is 0.612. The van der Waals surface area contributed by atoms with Gasteiger partial charge in [0.2, 0.25) is 0 Å². The molecule has 3 N–H and O–H groups in total. The molecule has 6 heteroatoms. The first-order valence-corrected chi connectivity index (χ1v) is 5.75. The number of hydrogen-bond donors (Lipinski definition) is 3. The van der Waals surface area contributed by atoms with E-state index in [1.54, 1.807) is 12.3 Å². The fraction of sp³-hybridized carbons (Fsp3) is 0.333. The second kappa shape index (κ2) is 6.02. The largest absolute Gasteiger partial charge is 0.464 e. The summed E-state index contributed by atoms with van der Waals surface area (Å²) in [7, 11) is 1.37. The molecule has 0 saturated heterocycles. The molecular weight excluding hydrogens is 232 g/mol. The third kappa shape index (κ3) is 3.21. The Balaban J connectivity index is 1.73. The van der Waals surface area contributed by atoms with Crippen molar-refractivity contribution in [3.8, 4) is 0 Å². The molecule has 18 heavy (non-hydrogen) atoms. The number of nitrogens with one attached hydrogen (secondary N) is 3. The van der Waals surface area contributed by atoms with Crippen molar-refractivity contribution >= 4 is 5.97 Å². The second-order valence-corrected chi connectivity index (χ2v) is 3.85. The number of rotatable bonds is 6. The van der Waals surface area contributed by atoms with Crippen molar-refractivity contribution in [3.05, 3.63) is 41.7 Å². The summed E-state index contributed by atoms with van der Waals surface area (Å²) in [5.41, 5.74) is 1.43. The van der Waals surface area contributed by atoms with Gasteiger partial charge in [-0.3, -0.25) is 0 Å². The highest BCUT2D eigenvalue weighted by atomic mass is 16.5. The second-order valence-electron chi connectivity index (χ2n) is 3.85. The van der Waals surface area contributed by atoms with Crippen molar-refractivity contribution in [1.29, 1.82) is 0 Å². The first kappa shape index (κ1) is 12.4. The van der Waals surface area contributed by atoms with Crippen LogP contribution in [0.5, 0.6) is 0 Å². The van der Waals surface area contributed by atoms with Crippen LogP contribution in [0.2, 0.25) is 0 Å². The highest BCUT2D eigenvalue weighted by Crippen LogP contribution is 2.03. The maximum Gasteiger partial charge on any atom is 0.354 e. The van der Waals surface area contributed by atoms with Gasteiger partial charge in [-0.05, 0) is 12.1 Å². The molecule has 0 aliphatic carbocycles. The van der Waals surface area contributed by atoms with Gasteiger partial charge >= 0.3 is 5.97 Å². The van der Waals surface area contributed by atoms with E-state index in [1.807, 2.05) is 12.3 Å². The SMILES string of the molecule is COC(=O)c1ccc(CNCCc2ncc[nH]2)[nH]1. The Labute approximate surface area is 105 Å². The zero-order chi connectivity index (χ0) is 12.8. The Morgan fingerprint density at radius 1 is 1.50 bits per heavy atom. The Bertz CT molecular complexity index is 490. The third-order valence-electron chi connectivity index (χ3n) is 2.56. The van der Waals surface area contributed by atoms with E-state index in [0.717, 1.165) is 24.5 Å². The maximum atomic E-state index is 11.2. The van der Waals surface area contributed by atoms with Crippen LogP contribution in [0.3, 0.4) is 0 Å². The smallest absolute Gasteiger partial charge is 0.354 e. The lowest BCUT2D eigenvalue weighted by Crippen LogP contribution is -2.17. The van der Waals surface area contributed by atoms with Gasteiger partial charge in [0, 0.05) is 37.6 Å². The number of nitrogens with zero attached hydrogens (tertiary/aromatic N) is 1. The van der Waals surface area contributed by atoms with Gasteiger partial charge in [0.15, 0.2) is 0 Å². The van der Waals surface area contributed by atoms with Crippen LogP contribution in [0.1, 0.15) is 22.0 Å². The molecule has 2 aromatic heterocycles. The van der Waals surface area contributed by atoms with Gasteiger partial charge in [-0.2, -0.15) is 0 Å². The number of imidazole rings is 1. The van der Waals surface area contributed by atoms with Crippen LogP contribution in [0.4, 0.5) is 0 Å². The molecular formula is C12H16N4O2. The Morgan fingerprint density at radius 2 is 2.39 bits per heavy atom. The number of aromatic nitrogens is 3. The van der Waals surface area contributed by atoms with E-state index in [0.29, 0.717) is 12.2 Å². The fourth-order valence-electron chi connectivity index (χ4n) is 1.64. The van der Waals surface area contributed by atoms with Crippen LogP contribution in [0.25, 0.3) is 0 Å². The minimum absolute atomic E-state index is 0.350. The molecule has 6 nitrogen and oxygen atoms in total. The lowest BCUT2D eigenvalue weighted by Gasteiger charge is -2.01. The summed E-state index contributed by atoms with van der Waals surface area (Å²) in [6.07, 6.45) is 4.39. The maximum absolute atomic E-state index is 11.2. The quantitative estimate of drug-likeness (QED) is 0.523. The van der Waals surface area contributed by atoms with E-state index in [1.165, 1.54) is 7.11 Å². The van der Waals surface area contributed by atoms with Crippen LogP contribution in [0, 0.1) is 0 Å². The molecule has 0 amide bonds. The fourth-order valence-corrected chi connectivity index (χ4v) is 1.64. The third-order valence-corrected chi connectivity index (χ3v) is 2.56. The van der Waals surface area contributed by atoms with Gasteiger partial charge in [0.25, 0.3) is 0 Å². The van der Waals surface area contributed by atoms with Crippen LogP contribution < -0.4 is 5.32 Å². The highest BCUT2D eigenvalue weighted by Gasteiger charge is 2.07. The molecule has 2 aromatic rings. The molecule has 0 radical (unpaired) electrons. The van der Waals surface area contributed by atoms with Crippen molar-refractivity contribution in [3.63, 3.8) is 0 Å². The lowest BCUT2D eigenvalue weighted by atomic mass is 10.3. The predicted octanol–water partition coefficient (Wildman–Crippen LogP) is 0.857. The lowest BCUT2D eigenvalue weighted by molar-refractivity contribution is 0.0594. The van der Waals surface area contributed by atoms with Crippen molar-refractivity contribution in [2.24, 2.45) is 0 Å². The van der Waals surface area contributed by atoms with E-state index in [2.05, 4.69) is 25.0 Å². The molecule has 96 valence electrons. The summed E-state index contributed by atoms with van der Waals surface area (Å²) in [6, 6.07) is 3.58. The molecule has 0 bridgehead atoms. The molecule has 2 rings (SSSR count). The number of carbonyl (C=O) groups is 1. The van der Waals surface area contributed by atoms with Crippen LogP contribution in [-0.2, 0) is 17.7 Å². The highest BCUT2D eigenvalue weighted by molar-refractivity contribution is 5.87. The number of ether oxygens (including phenoxy) is 1. The minimum Gasteiger partial charge on any atom is -0.464 e. The minimum atomic E-state index is -0.350. The first-order valence-electron chi connectivity index (χ1n) is 5.75. The molecule has 0 unspecified atom stereocenters. The van der Waals surface area contributed by atoms with Crippen molar-refractivity contribution < 1.29 is 9.53 Å². The predicted molar refractivity (Wildman–Crippen MR) is 66.1 cm³/mol. The Hall–Kier alpha value is -2.08. The molecule has 0 aliphatic heterocycles. The topological polar surface area (TPSA) is 82.8 Å². The van der Waals surface area contributed by atoms with Crippen LogP contribution in [0.15, 0.2) is 24.5 Å². The van der Waals surface area contributed by atoms with Crippen molar-refractivity contribution in [2.45, 2.75) is 13.0 Å². The summed E-state index contributed by atoms with van der Waals surface area (Å²) < 4.78 is 4.62. The monoisotopic (exact) mass is 248 g/mol. The molecule has 0 atom stereocenters. The van der Waals surface area contributed by atoms with Gasteiger partial charge in [-0.15, -0.1) is 0 Å². The van der Waals surface area contributed by atoms with Crippen LogP contribution >= 0.6 is 0 Å². The summed E-state index contributed by atoms with van der Waals surface area (Å²) >= 11 is 0. The molecule has 0 spiro atoms. The first-order chi connectivity index (χ1) is 8.79. The number of carbonyl (C=O) groups excluding carboxylic acids is 1. The van der Waals surface area contributed by atoms with Crippen molar-refractivity contribution in [1.82, 2.24) is 20.3 Å². The average Bonchev–Trinajstić information content (AvgIpc) is 3.05. The van der Waals surface area contributed by atoms with E-state index in [9.17, 15) is 4.79 Å². The average molecular weight is 248 g/mol. The Kier molecular flexibility index (Phi) is 4.14. The van der Waals surface area contributed by atoms with Gasteiger partial charge in [-0.25, -0.2) is 9.78 Å². The summed E-state index contributed by atoms with van der Waals surface area (Å²) in [4.78, 5) is 21.4. The summed E-state index contributed by atoms with van der Waals surface area (Å²) in [5, 5.41) is 3.27. The molecule has 0 saturated carbocycles. The molecule has 0 aromatic carbocycles. The van der Waals surface area contributed by atoms with Gasteiger partial charge in [0.1, 0.15) is 11.5 Å².